The summed E-state index contributed by atoms with van der Waals surface area (Å²) in [6, 6.07) is 17.3. The molecule has 0 spiro atoms. The lowest BCUT2D eigenvalue weighted by Crippen LogP contribution is -2.37. The summed E-state index contributed by atoms with van der Waals surface area (Å²) in [5.41, 5.74) is 5.53. The SMILES string of the molecule is Cc1cc(C)n(-c2ccc(CN3CCOC(c4ccc(F)cc4)C3)cc2)n1. The van der Waals surface area contributed by atoms with Crippen LogP contribution in [0.5, 0.6) is 0 Å². The van der Waals surface area contributed by atoms with Crippen LogP contribution in [0.4, 0.5) is 4.39 Å². The van der Waals surface area contributed by atoms with Crippen molar-refractivity contribution < 1.29 is 9.13 Å². The molecule has 5 heteroatoms. The van der Waals surface area contributed by atoms with Crippen molar-refractivity contribution in [1.82, 2.24) is 14.7 Å². The molecule has 1 aliphatic rings. The third kappa shape index (κ3) is 4.10. The van der Waals surface area contributed by atoms with Gasteiger partial charge in [-0.3, -0.25) is 4.90 Å². The van der Waals surface area contributed by atoms with Crippen LogP contribution in [0.15, 0.2) is 54.6 Å². The normalized spacial score (nSPS) is 18.0. The molecule has 3 aromatic rings. The lowest BCUT2D eigenvalue weighted by atomic mass is 10.1. The quantitative estimate of drug-likeness (QED) is 0.694. The summed E-state index contributed by atoms with van der Waals surface area (Å²) in [4.78, 5) is 2.38. The van der Waals surface area contributed by atoms with Gasteiger partial charge in [-0.05, 0) is 55.3 Å². The molecule has 1 unspecified atom stereocenters. The van der Waals surface area contributed by atoms with Crippen molar-refractivity contribution in [3.05, 3.63) is 82.9 Å². The Morgan fingerprint density at radius 3 is 2.48 bits per heavy atom. The minimum absolute atomic E-state index is 0.00618. The molecule has 27 heavy (non-hydrogen) atoms. The predicted molar refractivity (Wildman–Crippen MR) is 103 cm³/mol. The van der Waals surface area contributed by atoms with E-state index >= 15 is 0 Å². The first-order valence-corrected chi connectivity index (χ1v) is 9.30. The lowest BCUT2D eigenvalue weighted by Gasteiger charge is -2.33. The van der Waals surface area contributed by atoms with Crippen LogP contribution in [-0.2, 0) is 11.3 Å². The second-order valence-corrected chi connectivity index (χ2v) is 7.15. The van der Waals surface area contributed by atoms with Gasteiger partial charge in [0.15, 0.2) is 0 Å². The van der Waals surface area contributed by atoms with Crippen LogP contribution in [0.1, 0.15) is 28.6 Å². The Balaban J connectivity index is 1.42. The molecular formula is C22H24FN3O. The standard InChI is InChI=1S/C22H24FN3O/c1-16-13-17(2)26(24-16)21-9-3-18(4-10-21)14-25-11-12-27-22(15-25)19-5-7-20(23)8-6-19/h3-10,13,22H,11-12,14-15H2,1-2H3. The number of morpholine rings is 1. The molecule has 0 bridgehead atoms. The van der Waals surface area contributed by atoms with Crippen LogP contribution in [0.2, 0.25) is 0 Å². The largest absolute Gasteiger partial charge is 0.371 e. The Morgan fingerprint density at radius 2 is 1.81 bits per heavy atom. The molecule has 0 N–H and O–H groups in total. The van der Waals surface area contributed by atoms with Crippen molar-refractivity contribution in [2.75, 3.05) is 19.7 Å². The predicted octanol–water partition coefficient (Wildman–Crippen LogP) is 4.20. The zero-order valence-corrected chi connectivity index (χ0v) is 15.7. The monoisotopic (exact) mass is 365 g/mol. The average Bonchev–Trinajstić information content (AvgIpc) is 3.01. The molecule has 2 aromatic carbocycles. The maximum absolute atomic E-state index is 13.1. The van der Waals surface area contributed by atoms with Crippen molar-refractivity contribution >= 4 is 0 Å². The van der Waals surface area contributed by atoms with Gasteiger partial charge in [-0.2, -0.15) is 5.10 Å². The highest BCUT2D eigenvalue weighted by Crippen LogP contribution is 2.24. The van der Waals surface area contributed by atoms with E-state index in [-0.39, 0.29) is 11.9 Å². The molecule has 4 nitrogen and oxygen atoms in total. The maximum Gasteiger partial charge on any atom is 0.123 e. The first kappa shape index (κ1) is 17.9. The van der Waals surface area contributed by atoms with Gasteiger partial charge in [-0.1, -0.05) is 24.3 Å². The topological polar surface area (TPSA) is 30.3 Å². The number of nitrogens with zero attached hydrogens (tertiary/aromatic N) is 3. The van der Waals surface area contributed by atoms with E-state index in [1.54, 1.807) is 0 Å². The van der Waals surface area contributed by atoms with E-state index in [2.05, 4.69) is 47.3 Å². The third-order valence-electron chi connectivity index (χ3n) is 4.99. The average molecular weight is 365 g/mol. The number of halogens is 1. The first-order valence-electron chi connectivity index (χ1n) is 9.30. The first-order chi connectivity index (χ1) is 13.1. The number of ether oxygens (including phenoxy) is 1. The molecule has 1 fully saturated rings. The number of hydrogen-bond acceptors (Lipinski definition) is 3. The summed E-state index contributed by atoms with van der Waals surface area (Å²) in [5.74, 6) is -0.214. The number of benzene rings is 2. The molecule has 0 radical (unpaired) electrons. The molecule has 140 valence electrons. The zero-order valence-electron chi connectivity index (χ0n) is 15.7. The van der Waals surface area contributed by atoms with Crippen molar-refractivity contribution in [1.29, 1.82) is 0 Å². The molecule has 1 atom stereocenters. The molecule has 0 aliphatic carbocycles. The number of aromatic nitrogens is 2. The molecule has 0 amide bonds. The highest BCUT2D eigenvalue weighted by Gasteiger charge is 2.22. The summed E-state index contributed by atoms with van der Waals surface area (Å²) >= 11 is 0. The van der Waals surface area contributed by atoms with Gasteiger partial charge in [0.05, 0.1) is 24.1 Å². The Kier molecular flexibility index (Phi) is 5.05. The fourth-order valence-electron chi connectivity index (χ4n) is 3.62. The van der Waals surface area contributed by atoms with Crippen LogP contribution in [-0.4, -0.2) is 34.4 Å². The highest BCUT2D eigenvalue weighted by molar-refractivity contribution is 5.36. The van der Waals surface area contributed by atoms with E-state index in [4.69, 9.17) is 4.74 Å². The van der Waals surface area contributed by atoms with E-state index in [1.165, 1.54) is 17.7 Å². The van der Waals surface area contributed by atoms with Crippen LogP contribution < -0.4 is 0 Å². The van der Waals surface area contributed by atoms with Gasteiger partial charge in [0.1, 0.15) is 5.82 Å². The van der Waals surface area contributed by atoms with E-state index in [0.717, 1.165) is 42.3 Å². The fraction of sp³-hybridized carbons (Fsp3) is 0.318. The van der Waals surface area contributed by atoms with Crippen LogP contribution in [0.25, 0.3) is 5.69 Å². The smallest absolute Gasteiger partial charge is 0.123 e. The van der Waals surface area contributed by atoms with Gasteiger partial charge in [0.2, 0.25) is 0 Å². The van der Waals surface area contributed by atoms with Gasteiger partial charge in [0, 0.05) is 25.3 Å². The molecule has 2 heterocycles. The van der Waals surface area contributed by atoms with Gasteiger partial charge in [-0.15, -0.1) is 0 Å². The van der Waals surface area contributed by atoms with E-state index in [0.29, 0.717) is 6.61 Å². The van der Waals surface area contributed by atoms with Gasteiger partial charge in [0.25, 0.3) is 0 Å². The van der Waals surface area contributed by atoms with Crippen LogP contribution in [0, 0.1) is 19.7 Å². The number of hydrogen-bond donors (Lipinski definition) is 0. The second kappa shape index (κ2) is 7.62. The Morgan fingerprint density at radius 1 is 1.07 bits per heavy atom. The summed E-state index contributed by atoms with van der Waals surface area (Å²) in [6.45, 7) is 7.34. The van der Waals surface area contributed by atoms with E-state index in [1.807, 2.05) is 23.7 Å². The molecule has 1 aliphatic heterocycles. The van der Waals surface area contributed by atoms with Crippen molar-refractivity contribution in [2.24, 2.45) is 0 Å². The lowest BCUT2D eigenvalue weighted by molar-refractivity contribution is -0.0329. The summed E-state index contributed by atoms with van der Waals surface area (Å²) in [6.07, 6.45) is -0.00618. The molecule has 1 saturated heterocycles. The van der Waals surface area contributed by atoms with E-state index in [9.17, 15) is 4.39 Å². The summed E-state index contributed by atoms with van der Waals surface area (Å²) < 4.78 is 21.0. The fourth-order valence-corrected chi connectivity index (χ4v) is 3.62. The molecule has 4 rings (SSSR count). The second-order valence-electron chi connectivity index (χ2n) is 7.15. The molecule has 1 aromatic heterocycles. The third-order valence-corrected chi connectivity index (χ3v) is 4.99. The Bertz CT molecular complexity index is 902. The van der Waals surface area contributed by atoms with Crippen molar-refractivity contribution in [2.45, 2.75) is 26.5 Å². The van der Waals surface area contributed by atoms with Crippen LogP contribution >= 0.6 is 0 Å². The maximum atomic E-state index is 13.1. The van der Waals surface area contributed by atoms with Gasteiger partial charge in [-0.25, -0.2) is 9.07 Å². The van der Waals surface area contributed by atoms with E-state index < -0.39 is 0 Å². The summed E-state index contributed by atoms with van der Waals surface area (Å²) in [7, 11) is 0. The van der Waals surface area contributed by atoms with Gasteiger partial charge >= 0.3 is 0 Å². The minimum Gasteiger partial charge on any atom is -0.371 e. The van der Waals surface area contributed by atoms with Crippen LogP contribution in [0.3, 0.4) is 0 Å². The highest BCUT2D eigenvalue weighted by atomic mass is 19.1. The number of aryl methyl sites for hydroxylation is 2. The van der Waals surface area contributed by atoms with Gasteiger partial charge < -0.3 is 4.74 Å². The summed E-state index contributed by atoms with van der Waals surface area (Å²) in [5, 5.41) is 4.54. The molecule has 0 saturated carbocycles. The Hall–Kier alpha value is -2.50. The minimum atomic E-state index is -0.214. The van der Waals surface area contributed by atoms with Crippen molar-refractivity contribution in [3.8, 4) is 5.69 Å². The Labute approximate surface area is 159 Å². The molecular weight excluding hydrogens is 341 g/mol. The zero-order chi connectivity index (χ0) is 18.8. The van der Waals surface area contributed by atoms with Crippen molar-refractivity contribution in [3.63, 3.8) is 0 Å². The number of rotatable bonds is 4.